The van der Waals surface area contributed by atoms with Crippen molar-refractivity contribution in [1.82, 2.24) is 4.98 Å². The average Bonchev–Trinajstić information content (AvgIpc) is 3.14. The van der Waals surface area contributed by atoms with Gasteiger partial charge in [0.05, 0.1) is 29.0 Å². The zero-order valence-corrected chi connectivity index (χ0v) is 14.3. The molecule has 0 saturated heterocycles. The van der Waals surface area contributed by atoms with Crippen LogP contribution in [0.5, 0.6) is 0 Å². The van der Waals surface area contributed by atoms with Gasteiger partial charge in [0.2, 0.25) is 11.8 Å². The quantitative estimate of drug-likeness (QED) is 0.718. The number of rotatable bonds is 4. The van der Waals surface area contributed by atoms with E-state index in [1.165, 1.54) is 18.4 Å². The van der Waals surface area contributed by atoms with Gasteiger partial charge in [-0.2, -0.15) is 5.26 Å². The number of amides is 1. The van der Waals surface area contributed by atoms with E-state index in [4.69, 9.17) is 14.4 Å². The summed E-state index contributed by atoms with van der Waals surface area (Å²) in [6.45, 7) is 1.60. The predicted molar refractivity (Wildman–Crippen MR) is 92.3 cm³/mol. The van der Waals surface area contributed by atoms with Crippen molar-refractivity contribution in [2.24, 2.45) is 0 Å². The molecule has 0 saturated carbocycles. The summed E-state index contributed by atoms with van der Waals surface area (Å²) in [6, 6.07) is 9.29. The van der Waals surface area contributed by atoms with E-state index in [0.29, 0.717) is 16.3 Å². The Bertz CT molecular complexity index is 980. The number of benzene rings is 1. The Labute approximate surface area is 146 Å². The van der Waals surface area contributed by atoms with Gasteiger partial charge in [-0.05, 0) is 19.1 Å². The summed E-state index contributed by atoms with van der Waals surface area (Å²) in [5.74, 6) is -0.739. The molecular formula is C17H13N3O4S. The molecule has 2 aromatic heterocycles. The molecule has 1 N–H and O–H groups in total. The summed E-state index contributed by atoms with van der Waals surface area (Å²) >= 11 is 1.37. The molecule has 7 nitrogen and oxygen atoms in total. The molecule has 0 aliphatic heterocycles. The van der Waals surface area contributed by atoms with Crippen LogP contribution >= 0.6 is 11.3 Å². The Morgan fingerprint density at radius 2 is 2.16 bits per heavy atom. The highest BCUT2D eigenvalue weighted by molar-refractivity contribution is 7.21. The number of nitriles is 1. The minimum absolute atomic E-state index is 0.0807. The molecule has 3 rings (SSSR count). The molecule has 0 unspecified atom stereocenters. The van der Waals surface area contributed by atoms with Crippen molar-refractivity contribution >= 4 is 39.3 Å². The zero-order valence-electron chi connectivity index (χ0n) is 13.5. The summed E-state index contributed by atoms with van der Waals surface area (Å²) in [4.78, 5) is 28.5. The molecular weight excluding hydrogens is 342 g/mol. The van der Waals surface area contributed by atoms with E-state index in [0.717, 1.165) is 10.2 Å². The number of nitrogens with zero attached hydrogens (tertiary/aromatic N) is 2. The molecule has 0 radical (unpaired) electrons. The number of hydrogen-bond acceptors (Lipinski definition) is 7. The lowest BCUT2D eigenvalue weighted by Crippen LogP contribution is -2.10. The van der Waals surface area contributed by atoms with Gasteiger partial charge in [-0.25, -0.2) is 9.78 Å². The molecule has 0 bridgehead atoms. The lowest BCUT2D eigenvalue weighted by atomic mass is 10.1. The van der Waals surface area contributed by atoms with E-state index >= 15 is 0 Å². The van der Waals surface area contributed by atoms with Crippen LogP contribution in [0, 0.1) is 18.3 Å². The number of anilines is 1. The van der Waals surface area contributed by atoms with Gasteiger partial charge in [-0.15, -0.1) is 11.3 Å². The van der Waals surface area contributed by atoms with Crippen molar-refractivity contribution in [2.75, 3.05) is 12.4 Å². The van der Waals surface area contributed by atoms with E-state index in [9.17, 15) is 9.59 Å². The Morgan fingerprint density at radius 3 is 2.84 bits per heavy atom. The fourth-order valence-electron chi connectivity index (χ4n) is 2.41. The van der Waals surface area contributed by atoms with Crippen molar-refractivity contribution in [3.63, 3.8) is 0 Å². The number of esters is 1. The maximum absolute atomic E-state index is 12.2. The zero-order chi connectivity index (χ0) is 18.0. The minimum Gasteiger partial charge on any atom is -0.465 e. The molecule has 0 aliphatic rings. The fraction of sp³-hybridized carbons (Fsp3) is 0.176. The number of aryl methyl sites for hydroxylation is 1. The normalized spacial score (nSPS) is 10.4. The van der Waals surface area contributed by atoms with Crippen LogP contribution in [0.4, 0.5) is 5.88 Å². The number of furan rings is 1. The van der Waals surface area contributed by atoms with E-state index in [1.807, 2.05) is 24.3 Å². The van der Waals surface area contributed by atoms with Crippen LogP contribution in [0.2, 0.25) is 0 Å². The number of nitrogens with one attached hydrogen (secondary N) is 1. The van der Waals surface area contributed by atoms with Crippen molar-refractivity contribution in [3.05, 3.63) is 35.6 Å². The number of ether oxygens (including phenoxy) is 1. The van der Waals surface area contributed by atoms with Gasteiger partial charge in [-0.1, -0.05) is 12.1 Å². The third kappa shape index (κ3) is 3.09. The minimum atomic E-state index is -0.587. The Balaban J connectivity index is 2.18. The first-order valence-electron chi connectivity index (χ1n) is 7.29. The lowest BCUT2D eigenvalue weighted by Gasteiger charge is -2.03. The van der Waals surface area contributed by atoms with Crippen LogP contribution in [0.15, 0.2) is 28.7 Å². The number of methoxy groups -OCH3 is 1. The van der Waals surface area contributed by atoms with Gasteiger partial charge >= 0.3 is 5.97 Å². The maximum atomic E-state index is 12.2. The van der Waals surface area contributed by atoms with Gasteiger partial charge in [0.15, 0.2) is 0 Å². The maximum Gasteiger partial charge on any atom is 0.342 e. The summed E-state index contributed by atoms with van der Waals surface area (Å²) in [6.07, 6.45) is -0.327. The second-order valence-corrected chi connectivity index (χ2v) is 6.13. The van der Waals surface area contributed by atoms with E-state index in [2.05, 4.69) is 10.3 Å². The van der Waals surface area contributed by atoms with Crippen LogP contribution in [0.3, 0.4) is 0 Å². The van der Waals surface area contributed by atoms with E-state index in [-0.39, 0.29) is 17.9 Å². The first-order chi connectivity index (χ1) is 12.0. The number of fused-ring (bicyclic) bond motifs is 1. The number of thiazole rings is 1. The molecule has 0 aliphatic carbocycles. The summed E-state index contributed by atoms with van der Waals surface area (Å²) in [7, 11) is 1.27. The third-order valence-corrected chi connectivity index (χ3v) is 4.53. The SMILES string of the molecule is COC(=O)c1c(C)oc(NC(=O)CC#N)c1-c1nc2ccccc2s1. The molecule has 1 amide bonds. The highest BCUT2D eigenvalue weighted by Crippen LogP contribution is 2.40. The number of hydrogen-bond donors (Lipinski definition) is 1. The van der Waals surface area contributed by atoms with Crippen LogP contribution in [0.1, 0.15) is 22.5 Å². The van der Waals surface area contributed by atoms with Crippen molar-refractivity contribution in [1.29, 1.82) is 5.26 Å². The second-order valence-electron chi connectivity index (χ2n) is 5.10. The molecule has 0 fully saturated rings. The molecule has 8 heteroatoms. The standard InChI is InChI=1S/C17H13N3O4S/c1-9-13(17(22)23-2)14(15(24-9)20-12(21)7-8-18)16-19-10-5-3-4-6-11(10)25-16/h3-6H,7H2,1-2H3,(H,20,21). The second kappa shape index (κ2) is 6.75. The van der Waals surface area contributed by atoms with E-state index in [1.54, 1.807) is 13.0 Å². The number of carbonyl (C=O) groups excluding carboxylic acids is 2. The van der Waals surface area contributed by atoms with Crippen molar-refractivity contribution in [3.8, 4) is 16.6 Å². The average molecular weight is 355 g/mol. The molecule has 1 aromatic carbocycles. The van der Waals surface area contributed by atoms with Crippen LogP contribution in [-0.4, -0.2) is 24.0 Å². The first-order valence-corrected chi connectivity index (χ1v) is 8.11. The van der Waals surface area contributed by atoms with Gasteiger partial charge in [0.25, 0.3) is 0 Å². The Hall–Kier alpha value is -3.18. The van der Waals surface area contributed by atoms with E-state index < -0.39 is 11.9 Å². The van der Waals surface area contributed by atoms with Crippen molar-refractivity contribution in [2.45, 2.75) is 13.3 Å². The highest BCUT2D eigenvalue weighted by atomic mass is 32.1. The molecule has 2 heterocycles. The summed E-state index contributed by atoms with van der Waals surface area (Å²) in [5.41, 5.74) is 1.33. The van der Waals surface area contributed by atoms with Gasteiger partial charge in [0, 0.05) is 0 Å². The topological polar surface area (TPSA) is 105 Å². The fourth-order valence-corrected chi connectivity index (χ4v) is 3.42. The molecule has 0 spiro atoms. The number of para-hydroxylation sites is 1. The number of carbonyl (C=O) groups is 2. The van der Waals surface area contributed by atoms with Gasteiger partial charge < -0.3 is 9.15 Å². The molecule has 126 valence electrons. The van der Waals surface area contributed by atoms with Crippen LogP contribution in [0.25, 0.3) is 20.8 Å². The highest BCUT2D eigenvalue weighted by Gasteiger charge is 2.28. The summed E-state index contributed by atoms with van der Waals surface area (Å²) < 4.78 is 11.3. The summed E-state index contributed by atoms with van der Waals surface area (Å²) in [5, 5.41) is 11.7. The Kier molecular flexibility index (Phi) is 4.50. The lowest BCUT2D eigenvalue weighted by molar-refractivity contribution is -0.115. The van der Waals surface area contributed by atoms with Crippen LogP contribution < -0.4 is 5.32 Å². The van der Waals surface area contributed by atoms with Gasteiger partial charge in [0.1, 0.15) is 22.8 Å². The molecule has 3 aromatic rings. The third-order valence-electron chi connectivity index (χ3n) is 3.47. The predicted octanol–water partition coefficient (Wildman–Crippen LogP) is 3.50. The molecule has 25 heavy (non-hydrogen) atoms. The largest absolute Gasteiger partial charge is 0.465 e. The Morgan fingerprint density at radius 1 is 1.40 bits per heavy atom. The first kappa shape index (κ1) is 16.7. The van der Waals surface area contributed by atoms with Gasteiger partial charge in [-0.3, -0.25) is 10.1 Å². The molecule has 0 atom stereocenters. The smallest absolute Gasteiger partial charge is 0.342 e. The number of aromatic nitrogens is 1. The van der Waals surface area contributed by atoms with Crippen LogP contribution in [-0.2, 0) is 9.53 Å². The monoisotopic (exact) mass is 355 g/mol. The van der Waals surface area contributed by atoms with Crippen molar-refractivity contribution < 1.29 is 18.7 Å².